The van der Waals surface area contributed by atoms with E-state index in [9.17, 15) is 9.59 Å². The lowest BCUT2D eigenvalue weighted by Crippen LogP contribution is -2.28. The molecule has 5 nitrogen and oxygen atoms in total. The highest BCUT2D eigenvalue weighted by molar-refractivity contribution is 5.91. The minimum Gasteiger partial charge on any atom is -0.346 e. The van der Waals surface area contributed by atoms with Crippen LogP contribution in [0.1, 0.15) is 11.1 Å². The van der Waals surface area contributed by atoms with Crippen molar-refractivity contribution in [3.63, 3.8) is 0 Å². The number of hydrogen-bond donors (Lipinski definition) is 1. The maximum Gasteiger partial charge on any atom is 0.275 e. The van der Waals surface area contributed by atoms with Gasteiger partial charge in [-0.25, -0.2) is 0 Å². The molecule has 0 saturated carbocycles. The van der Waals surface area contributed by atoms with Crippen LogP contribution in [-0.2, 0) is 18.4 Å². The largest absolute Gasteiger partial charge is 0.346 e. The molecule has 0 bridgehead atoms. The fraction of sp³-hybridized carbons (Fsp3) is 0.222. The highest BCUT2D eigenvalue weighted by atomic mass is 16.2. The Hall–Kier alpha value is -2.82. The number of carbonyl (C=O) groups is 1. The number of nitrogens with zero attached hydrogens (tertiary/aromatic N) is 2. The molecule has 0 spiro atoms. The van der Waals surface area contributed by atoms with Crippen molar-refractivity contribution >= 4 is 22.5 Å². The number of fused-ring (bicyclic) bond motifs is 1. The van der Waals surface area contributed by atoms with E-state index >= 15 is 0 Å². The lowest BCUT2D eigenvalue weighted by molar-refractivity contribution is -0.116. The molecular formula is C18H19N3O2. The van der Waals surface area contributed by atoms with E-state index < -0.39 is 0 Å². The Balaban J connectivity index is 1.84. The van der Waals surface area contributed by atoms with Crippen LogP contribution in [0.4, 0.5) is 5.69 Å². The summed E-state index contributed by atoms with van der Waals surface area (Å²) in [5.74, 6) is -0.215. The number of aryl methyl sites for hydroxylation is 3. The van der Waals surface area contributed by atoms with Crippen molar-refractivity contribution in [2.75, 3.05) is 5.32 Å². The first-order valence-electron chi connectivity index (χ1n) is 7.47. The van der Waals surface area contributed by atoms with E-state index in [4.69, 9.17) is 0 Å². The second kappa shape index (κ2) is 5.76. The Kier molecular flexibility index (Phi) is 3.78. The number of pyridine rings is 1. The first-order valence-corrected chi connectivity index (χ1v) is 7.47. The third kappa shape index (κ3) is 2.90. The van der Waals surface area contributed by atoms with Crippen LogP contribution in [0.5, 0.6) is 0 Å². The van der Waals surface area contributed by atoms with Gasteiger partial charge in [-0.2, -0.15) is 0 Å². The molecule has 2 aromatic heterocycles. The van der Waals surface area contributed by atoms with Crippen molar-refractivity contribution < 1.29 is 4.79 Å². The Bertz CT molecular complexity index is 951. The van der Waals surface area contributed by atoms with Crippen molar-refractivity contribution in [1.82, 2.24) is 9.13 Å². The van der Waals surface area contributed by atoms with Gasteiger partial charge in [0.1, 0.15) is 12.1 Å². The number of rotatable bonds is 3. The van der Waals surface area contributed by atoms with Crippen molar-refractivity contribution in [3.05, 3.63) is 64.2 Å². The molecule has 0 aliphatic carbocycles. The first-order chi connectivity index (χ1) is 11.0. The average molecular weight is 309 g/mol. The van der Waals surface area contributed by atoms with E-state index in [-0.39, 0.29) is 18.0 Å². The molecule has 3 rings (SSSR count). The second-order valence-corrected chi connectivity index (χ2v) is 5.85. The molecule has 118 valence electrons. The van der Waals surface area contributed by atoms with Gasteiger partial charge in [-0.1, -0.05) is 17.7 Å². The summed E-state index contributed by atoms with van der Waals surface area (Å²) in [5, 5.41) is 3.74. The van der Waals surface area contributed by atoms with Crippen molar-refractivity contribution in [2.24, 2.45) is 7.05 Å². The maximum atomic E-state index is 12.5. The van der Waals surface area contributed by atoms with Crippen LogP contribution in [0.3, 0.4) is 0 Å². The minimum atomic E-state index is -0.215. The molecule has 0 unspecified atom stereocenters. The molecule has 0 radical (unpaired) electrons. The number of benzene rings is 1. The van der Waals surface area contributed by atoms with Crippen LogP contribution < -0.4 is 10.9 Å². The van der Waals surface area contributed by atoms with Gasteiger partial charge in [0, 0.05) is 30.5 Å². The van der Waals surface area contributed by atoms with Gasteiger partial charge >= 0.3 is 0 Å². The number of aromatic nitrogens is 2. The van der Waals surface area contributed by atoms with Crippen molar-refractivity contribution in [3.8, 4) is 0 Å². The maximum absolute atomic E-state index is 12.5. The molecule has 23 heavy (non-hydrogen) atoms. The van der Waals surface area contributed by atoms with E-state index in [0.29, 0.717) is 5.52 Å². The van der Waals surface area contributed by atoms with Gasteiger partial charge in [-0.15, -0.1) is 0 Å². The topological polar surface area (TPSA) is 56.0 Å². The number of nitrogens with one attached hydrogen (secondary N) is 1. The van der Waals surface area contributed by atoms with Crippen LogP contribution in [-0.4, -0.2) is 15.0 Å². The molecular weight excluding hydrogens is 290 g/mol. The molecule has 1 N–H and O–H groups in total. The van der Waals surface area contributed by atoms with Crippen LogP contribution in [0.25, 0.3) is 10.9 Å². The standard InChI is InChI=1S/C18H19N3O2/c1-12-4-5-15(13(2)10-12)19-16(22)11-21-9-7-14-6-8-20(3)17(14)18(21)23/h4-10H,11H2,1-3H3,(H,19,22). The number of hydrogen-bond acceptors (Lipinski definition) is 2. The third-order valence-corrected chi connectivity index (χ3v) is 3.97. The van der Waals surface area contributed by atoms with Gasteiger partial charge in [0.15, 0.2) is 0 Å². The van der Waals surface area contributed by atoms with Gasteiger partial charge in [-0.05, 0) is 37.6 Å². The van der Waals surface area contributed by atoms with Gasteiger partial charge in [0.2, 0.25) is 5.91 Å². The highest BCUT2D eigenvalue weighted by Crippen LogP contribution is 2.16. The summed E-state index contributed by atoms with van der Waals surface area (Å²) >= 11 is 0. The Morgan fingerprint density at radius 1 is 1.13 bits per heavy atom. The monoisotopic (exact) mass is 309 g/mol. The quantitative estimate of drug-likeness (QED) is 0.808. The third-order valence-electron chi connectivity index (χ3n) is 3.97. The summed E-state index contributed by atoms with van der Waals surface area (Å²) in [5.41, 5.74) is 3.36. The normalized spacial score (nSPS) is 10.9. The summed E-state index contributed by atoms with van der Waals surface area (Å²) in [6.45, 7) is 3.95. The van der Waals surface area contributed by atoms with Crippen molar-refractivity contribution in [2.45, 2.75) is 20.4 Å². The minimum absolute atomic E-state index is 0.00668. The van der Waals surface area contributed by atoms with Gasteiger partial charge in [-0.3, -0.25) is 9.59 Å². The van der Waals surface area contributed by atoms with E-state index in [1.54, 1.807) is 10.8 Å². The van der Waals surface area contributed by atoms with Crippen LogP contribution in [0.2, 0.25) is 0 Å². The van der Waals surface area contributed by atoms with E-state index in [0.717, 1.165) is 22.2 Å². The molecule has 2 heterocycles. The lowest BCUT2D eigenvalue weighted by Gasteiger charge is -2.10. The molecule has 0 saturated heterocycles. The average Bonchev–Trinajstić information content (AvgIpc) is 2.87. The van der Waals surface area contributed by atoms with Gasteiger partial charge in [0.05, 0.1) is 0 Å². The predicted molar refractivity (Wildman–Crippen MR) is 91.7 cm³/mol. The summed E-state index contributed by atoms with van der Waals surface area (Å²) < 4.78 is 3.21. The SMILES string of the molecule is Cc1ccc(NC(=O)Cn2ccc3ccn(C)c3c2=O)c(C)c1. The van der Waals surface area contributed by atoms with E-state index in [1.807, 2.05) is 57.4 Å². The Morgan fingerprint density at radius 2 is 1.87 bits per heavy atom. The summed E-state index contributed by atoms with van der Waals surface area (Å²) in [7, 11) is 1.82. The molecule has 1 aromatic carbocycles. The molecule has 0 fully saturated rings. The van der Waals surface area contributed by atoms with Crippen LogP contribution in [0, 0.1) is 13.8 Å². The lowest BCUT2D eigenvalue weighted by atomic mass is 10.1. The molecule has 0 aliphatic rings. The fourth-order valence-electron chi connectivity index (χ4n) is 2.75. The van der Waals surface area contributed by atoms with E-state index in [1.165, 1.54) is 4.57 Å². The number of amides is 1. The van der Waals surface area contributed by atoms with Gasteiger partial charge in [0.25, 0.3) is 5.56 Å². The molecule has 3 aromatic rings. The number of anilines is 1. The zero-order valence-electron chi connectivity index (χ0n) is 13.5. The Labute approximate surface area is 134 Å². The fourth-order valence-corrected chi connectivity index (χ4v) is 2.75. The predicted octanol–water partition coefficient (Wildman–Crippen LogP) is 2.60. The summed E-state index contributed by atoms with van der Waals surface area (Å²) in [4.78, 5) is 24.7. The van der Waals surface area contributed by atoms with Gasteiger partial charge < -0.3 is 14.5 Å². The molecule has 0 aliphatic heterocycles. The summed E-state index contributed by atoms with van der Waals surface area (Å²) in [6, 6.07) is 9.58. The highest BCUT2D eigenvalue weighted by Gasteiger charge is 2.10. The molecule has 0 atom stereocenters. The zero-order valence-corrected chi connectivity index (χ0v) is 13.5. The Morgan fingerprint density at radius 3 is 2.61 bits per heavy atom. The van der Waals surface area contributed by atoms with Crippen LogP contribution >= 0.6 is 0 Å². The van der Waals surface area contributed by atoms with Crippen LogP contribution in [0.15, 0.2) is 47.5 Å². The second-order valence-electron chi connectivity index (χ2n) is 5.85. The van der Waals surface area contributed by atoms with Crippen molar-refractivity contribution in [1.29, 1.82) is 0 Å². The van der Waals surface area contributed by atoms with E-state index in [2.05, 4.69) is 5.32 Å². The molecule has 5 heteroatoms. The zero-order chi connectivity index (χ0) is 16.6. The first kappa shape index (κ1) is 15.1. The summed E-state index contributed by atoms with van der Waals surface area (Å²) in [6.07, 6.45) is 3.50. The smallest absolute Gasteiger partial charge is 0.275 e. The number of carbonyl (C=O) groups excluding carboxylic acids is 1. The molecule has 1 amide bonds.